The monoisotopic (exact) mass is 843 g/mol. The molecule has 1 aliphatic rings. The highest BCUT2D eigenvalue weighted by Crippen LogP contribution is 2.50. The lowest BCUT2D eigenvalue weighted by molar-refractivity contribution is 0.787. The first kappa shape index (κ1) is 40.1. The third-order valence-electron chi connectivity index (χ3n) is 12.4. The van der Waals surface area contributed by atoms with Crippen LogP contribution >= 0.6 is 0 Å². The highest BCUT2D eigenvalue weighted by Gasteiger charge is 2.33. The summed E-state index contributed by atoms with van der Waals surface area (Å²) in [5.74, 6) is 0.687. The molecule has 0 radical (unpaired) electrons. The van der Waals surface area contributed by atoms with Crippen LogP contribution in [0.1, 0.15) is 33.9 Å². The third kappa shape index (κ3) is 8.07. The highest BCUT2D eigenvalue weighted by atomic mass is 14.9. The first-order valence-electron chi connectivity index (χ1n) is 22.5. The molecule has 0 bridgehead atoms. The minimum atomic E-state index is -0.129. The lowest BCUT2D eigenvalue weighted by Gasteiger charge is -2.36. The van der Waals surface area contributed by atoms with Crippen LogP contribution in [0.2, 0.25) is 0 Å². The summed E-state index contributed by atoms with van der Waals surface area (Å²) in [5.41, 5.74) is 19.7. The van der Waals surface area contributed by atoms with Crippen LogP contribution in [-0.2, 0) is 0 Å². The van der Waals surface area contributed by atoms with Gasteiger partial charge in [0.25, 0.3) is 0 Å². The number of allylic oxidation sites excluding steroid dienone is 2. The first-order valence-corrected chi connectivity index (χ1v) is 22.5. The van der Waals surface area contributed by atoms with Gasteiger partial charge in [0.05, 0.1) is 23.1 Å². The van der Waals surface area contributed by atoms with Gasteiger partial charge in [0.2, 0.25) is 0 Å². The first-order chi connectivity index (χ1) is 32.7. The molecule has 1 aromatic heterocycles. The number of nitrogens with one attached hydrogen (secondary N) is 1. The van der Waals surface area contributed by atoms with Gasteiger partial charge in [0.1, 0.15) is 0 Å². The SMILES string of the molecule is c1ccc(C2=C(c3ccccc3)C(c3cccc(-c4cccc(-c5cc(-c6ccccc6-c6ccccc6)nc(-c6ccccc6)n5)c4)c3)=C(c3ccccc3)C(c3ccccc3)N2)cc1. The summed E-state index contributed by atoms with van der Waals surface area (Å²) in [6.45, 7) is 0. The van der Waals surface area contributed by atoms with Crippen LogP contribution in [0.5, 0.6) is 0 Å². The largest absolute Gasteiger partial charge is 0.373 e. The molecule has 312 valence electrons. The molecule has 1 atom stereocenters. The summed E-state index contributed by atoms with van der Waals surface area (Å²) in [4.78, 5) is 10.5. The van der Waals surface area contributed by atoms with E-state index in [0.29, 0.717) is 5.82 Å². The quantitative estimate of drug-likeness (QED) is 0.149. The molecular formula is C63H45N3. The molecule has 0 amide bonds. The fraction of sp³-hybridized carbons (Fsp3) is 0.0159. The van der Waals surface area contributed by atoms with Gasteiger partial charge in [-0.1, -0.05) is 243 Å². The Hall–Kier alpha value is -8.66. The molecule has 1 aliphatic heterocycles. The Bertz CT molecular complexity index is 3340. The van der Waals surface area contributed by atoms with E-state index in [-0.39, 0.29) is 6.04 Å². The van der Waals surface area contributed by atoms with E-state index in [1.54, 1.807) is 0 Å². The molecule has 11 rings (SSSR count). The Morgan fingerprint density at radius 2 is 0.727 bits per heavy atom. The van der Waals surface area contributed by atoms with Crippen molar-refractivity contribution >= 4 is 22.4 Å². The molecule has 66 heavy (non-hydrogen) atoms. The maximum atomic E-state index is 5.26. The second kappa shape index (κ2) is 18.2. The van der Waals surface area contributed by atoms with Crippen LogP contribution < -0.4 is 5.32 Å². The molecule has 3 nitrogen and oxygen atoms in total. The summed E-state index contributed by atoms with van der Waals surface area (Å²) >= 11 is 0. The Kier molecular flexibility index (Phi) is 11.1. The van der Waals surface area contributed by atoms with Crippen LogP contribution in [0.25, 0.3) is 78.6 Å². The molecule has 10 aromatic rings. The minimum Gasteiger partial charge on any atom is -0.373 e. The smallest absolute Gasteiger partial charge is 0.160 e. The maximum absolute atomic E-state index is 5.26. The molecule has 1 N–H and O–H groups in total. The van der Waals surface area contributed by atoms with Gasteiger partial charge in [-0.2, -0.15) is 0 Å². The topological polar surface area (TPSA) is 37.8 Å². The molecule has 0 saturated carbocycles. The zero-order valence-corrected chi connectivity index (χ0v) is 36.3. The van der Waals surface area contributed by atoms with Crippen LogP contribution in [-0.4, -0.2) is 9.97 Å². The zero-order valence-electron chi connectivity index (χ0n) is 36.3. The molecule has 0 saturated heterocycles. The summed E-state index contributed by atoms with van der Waals surface area (Å²) in [6.07, 6.45) is 0. The van der Waals surface area contributed by atoms with E-state index in [2.05, 4.69) is 248 Å². The van der Waals surface area contributed by atoms with E-state index in [1.807, 2.05) is 18.2 Å². The predicted octanol–water partition coefficient (Wildman–Crippen LogP) is 15.6. The van der Waals surface area contributed by atoms with Crippen molar-refractivity contribution in [3.8, 4) is 56.2 Å². The molecule has 1 unspecified atom stereocenters. The van der Waals surface area contributed by atoms with E-state index in [9.17, 15) is 0 Å². The van der Waals surface area contributed by atoms with Crippen molar-refractivity contribution in [1.29, 1.82) is 0 Å². The van der Waals surface area contributed by atoms with Crippen molar-refractivity contribution in [1.82, 2.24) is 15.3 Å². The van der Waals surface area contributed by atoms with Gasteiger partial charge in [-0.05, 0) is 79.4 Å². The van der Waals surface area contributed by atoms with Gasteiger partial charge < -0.3 is 5.32 Å². The van der Waals surface area contributed by atoms with Gasteiger partial charge in [-0.15, -0.1) is 0 Å². The minimum absolute atomic E-state index is 0.129. The van der Waals surface area contributed by atoms with Gasteiger partial charge >= 0.3 is 0 Å². The third-order valence-corrected chi connectivity index (χ3v) is 12.4. The van der Waals surface area contributed by atoms with E-state index in [0.717, 1.165) is 78.3 Å². The summed E-state index contributed by atoms with van der Waals surface area (Å²) in [5, 5.41) is 4.11. The number of aromatic nitrogens is 2. The standard InChI is InChI=1S/C63H45N3/c1-7-23-44(24-8-1)54-39-19-20-40-55(54)57-43-56(64-63(65-57)49-33-17-6-18-34-49)52-37-21-35-50(41-52)51-36-22-38-53(42-51)58-59(45-25-9-2-10-26-45)61(47-29-13-4-14-30-47)66-62(48-31-15-5-16-32-48)60(58)46-27-11-3-12-28-46/h1-43,61,66H. The van der Waals surface area contributed by atoms with Crippen molar-refractivity contribution < 1.29 is 0 Å². The van der Waals surface area contributed by atoms with E-state index < -0.39 is 0 Å². The fourth-order valence-electron chi connectivity index (χ4n) is 9.28. The van der Waals surface area contributed by atoms with Crippen LogP contribution in [0.4, 0.5) is 0 Å². The zero-order chi connectivity index (χ0) is 44.1. The lowest BCUT2D eigenvalue weighted by atomic mass is 9.76. The Morgan fingerprint density at radius 3 is 1.35 bits per heavy atom. The highest BCUT2D eigenvalue weighted by molar-refractivity contribution is 6.24. The average molecular weight is 844 g/mol. The Morgan fingerprint density at radius 1 is 0.288 bits per heavy atom. The molecule has 0 spiro atoms. The van der Waals surface area contributed by atoms with Crippen molar-refractivity contribution in [3.63, 3.8) is 0 Å². The van der Waals surface area contributed by atoms with Crippen LogP contribution in [0, 0.1) is 0 Å². The number of hydrogen-bond acceptors (Lipinski definition) is 3. The summed E-state index contributed by atoms with van der Waals surface area (Å²) in [7, 11) is 0. The predicted molar refractivity (Wildman–Crippen MR) is 274 cm³/mol. The van der Waals surface area contributed by atoms with E-state index >= 15 is 0 Å². The van der Waals surface area contributed by atoms with E-state index in [1.165, 1.54) is 22.3 Å². The normalized spacial score (nSPS) is 13.6. The van der Waals surface area contributed by atoms with Crippen LogP contribution in [0.3, 0.4) is 0 Å². The molecule has 2 heterocycles. The molecule has 9 aromatic carbocycles. The average Bonchev–Trinajstić information content (AvgIpc) is 3.41. The number of hydrogen-bond donors (Lipinski definition) is 1. The van der Waals surface area contributed by atoms with Gasteiger partial charge in [-0.25, -0.2) is 9.97 Å². The second-order valence-corrected chi connectivity index (χ2v) is 16.5. The maximum Gasteiger partial charge on any atom is 0.160 e. The Balaban J connectivity index is 1.10. The molecule has 0 fully saturated rings. The number of rotatable bonds is 10. The molecular weight excluding hydrogens is 799 g/mol. The van der Waals surface area contributed by atoms with Crippen molar-refractivity contribution in [2.24, 2.45) is 0 Å². The van der Waals surface area contributed by atoms with Crippen molar-refractivity contribution in [3.05, 3.63) is 289 Å². The summed E-state index contributed by atoms with van der Waals surface area (Å²) < 4.78 is 0. The van der Waals surface area contributed by atoms with E-state index in [4.69, 9.17) is 9.97 Å². The number of benzene rings is 9. The summed E-state index contributed by atoms with van der Waals surface area (Å²) in [6, 6.07) is 92.5. The fourth-order valence-corrected chi connectivity index (χ4v) is 9.28. The number of nitrogens with zero attached hydrogens (tertiary/aromatic N) is 2. The van der Waals surface area contributed by atoms with Gasteiger partial charge in [-0.3, -0.25) is 0 Å². The lowest BCUT2D eigenvalue weighted by Crippen LogP contribution is -2.27. The second-order valence-electron chi connectivity index (χ2n) is 16.5. The van der Waals surface area contributed by atoms with Crippen molar-refractivity contribution in [2.75, 3.05) is 0 Å². The van der Waals surface area contributed by atoms with Crippen molar-refractivity contribution in [2.45, 2.75) is 6.04 Å². The molecule has 3 heteroatoms. The number of dihydropyridines is 1. The Labute approximate surface area is 386 Å². The van der Waals surface area contributed by atoms with Crippen LogP contribution in [0.15, 0.2) is 261 Å². The van der Waals surface area contributed by atoms with Gasteiger partial charge in [0.15, 0.2) is 5.82 Å². The molecule has 0 aliphatic carbocycles. The van der Waals surface area contributed by atoms with Gasteiger partial charge in [0, 0.05) is 22.3 Å².